The van der Waals surface area contributed by atoms with Crippen LogP contribution in [0.3, 0.4) is 0 Å². The van der Waals surface area contributed by atoms with Crippen LogP contribution in [0.25, 0.3) is 0 Å². The molecule has 0 aromatic rings. The Balaban J connectivity index is 2.62. The predicted molar refractivity (Wildman–Crippen MR) is 54.0 cm³/mol. The Labute approximate surface area is 85.3 Å². The van der Waals surface area contributed by atoms with E-state index in [0.717, 1.165) is 6.42 Å². The highest BCUT2D eigenvalue weighted by molar-refractivity contribution is 7.87. The molecule has 1 heterocycles. The highest BCUT2D eigenvalue weighted by Crippen LogP contribution is 2.12. The number of hydrogen-bond acceptors (Lipinski definition) is 3. The van der Waals surface area contributed by atoms with Gasteiger partial charge in [-0.25, -0.2) is 0 Å². The minimum atomic E-state index is -3.39. The zero-order chi connectivity index (χ0) is 10.8. The number of rotatable bonds is 3. The molecule has 84 valence electrons. The summed E-state index contributed by atoms with van der Waals surface area (Å²) in [7, 11) is -3.39. The number of aliphatic hydroxyl groups is 1. The Hall–Kier alpha value is -0.170. The van der Waals surface area contributed by atoms with E-state index in [4.69, 9.17) is 0 Å². The first-order valence-electron chi connectivity index (χ1n) is 4.87. The van der Waals surface area contributed by atoms with Crippen molar-refractivity contribution < 1.29 is 13.5 Å². The Bertz CT molecular complexity index is 276. The molecule has 1 aliphatic rings. The third-order valence-electron chi connectivity index (χ3n) is 2.08. The van der Waals surface area contributed by atoms with Gasteiger partial charge >= 0.3 is 0 Å². The van der Waals surface area contributed by atoms with Gasteiger partial charge in [0.1, 0.15) is 0 Å². The van der Waals surface area contributed by atoms with Crippen molar-refractivity contribution in [2.75, 3.05) is 13.1 Å². The van der Waals surface area contributed by atoms with Crippen molar-refractivity contribution in [1.82, 2.24) is 9.03 Å². The first-order chi connectivity index (χ1) is 6.42. The van der Waals surface area contributed by atoms with E-state index < -0.39 is 16.3 Å². The molecule has 14 heavy (non-hydrogen) atoms. The van der Waals surface area contributed by atoms with Gasteiger partial charge in [-0.05, 0) is 26.7 Å². The Morgan fingerprint density at radius 2 is 2.14 bits per heavy atom. The minimum absolute atomic E-state index is 0.112. The second kappa shape index (κ2) is 4.57. The van der Waals surface area contributed by atoms with E-state index in [1.807, 2.05) is 0 Å². The van der Waals surface area contributed by atoms with Gasteiger partial charge in [-0.15, -0.1) is 0 Å². The van der Waals surface area contributed by atoms with Crippen molar-refractivity contribution in [3.05, 3.63) is 0 Å². The van der Waals surface area contributed by atoms with Crippen LogP contribution in [-0.4, -0.2) is 43.1 Å². The maximum atomic E-state index is 11.6. The van der Waals surface area contributed by atoms with Crippen LogP contribution in [0.2, 0.25) is 0 Å². The Morgan fingerprint density at radius 3 is 2.64 bits per heavy atom. The minimum Gasteiger partial charge on any atom is -0.392 e. The molecule has 0 aromatic carbocycles. The maximum absolute atomic E-state index is 11.6. The van der Waals surface area contributed by atoms with Crippen molar-refractivity contribution in [3.8, 4) is 0 Å². The van der Waals surface area contributed by atoms with Crippen LogP contribution in [0.5, 0.6) is 0 Å². The molecule has 1 fully saturated rings. The summed E-state index contributed by atoms with van der Waals surface area (Å²) in [6.45, 7) is 4.26. The molecular formula is C8H18N2O3S. The molecule has 0 aliphatic carbocycles. The number of aliphatic hydroxyl groups excluding tert-OH is 1. The number of piperidine rings is 1. The van der Waals surface area contributed by atoms with E-state index in [9.17, 15) is 13.5 Å². The molecule has 5 nitrogen and oxygen atoms in total. The summed E-state index contributed by atoms with van der Waals surface area (Å²) >= 11 is 0. The fraction of sp³-hybridized carbons (Fsp3) is 1.00. The lowest BCUT2D eigenvalue weighted by Crippen LogP contribution is -2.49. The topological polar surface area (TPSA) is 69.6 Å². The second-order valence-electron chi connectivity index (χ2n) is 3.93. The zero-order valence-electron chi connectivity index (χ0n) is 8.60. The van der Waals surface area contributed by atoms with Crippen LogP contribution >= 0.6 is 0 Å². The smallest absolute Gasteiger partial charge is 0.279 e. The van der Waals surface area contributed by atoms with E-state index in [-0.39, 0.29) is 12.6 Å². The summed E-state index contributed by atoms with van der Waals surface area (Å²) in [5, 5.41) is 9.34. The van der Waals surface area contributed by atoms with Crippen LogP contribution in [0.4, 0.5) is 0 Å². The summed E-state index contributed by atoms with van der Waals surface area (Å²) in [4.78, 5) is 0. The quantitative estimate of drug-likeness (QED) is 0.688. The summed E-state index contributed by atoms with van der Waals surface area (Å²) in [6, 6.07) is -0.112. The lowest BCUT2D eigenvalue weighted by Gasteiger charge is -2.29. The van der Waals surface area contributed by atoms with Crippen molar-refractivity contribution >= 4 is 10.2 Å². The van der Waals surface area contributed by atoms with Gasteiger partial charge in [0.15, 0.2) is 0 Å². The van der Waals surface area contributed by atoms with Gasteiger partial charge in [0.05, 0.1) is 6.10 Å². The first kappa shape index (κ1) is 11.9. The van der Waals surface area contributed by atoms with Crippen molar-refractivity contribution in [1.29, 1.82) is 0 Å². The average Bonchev–Trinajstić information content (AvgIpc) is 2.01. The van der Waals surface area contributed by atoms with Crippen LogP contribution in [0.1, 0.15) is 26.7 Å². The third-order valence-corrected chi connectivity index (χ3v) is 3.86. The van der Waals surface area contributed by atoms with Gasteiger partial charge in [0, 0.05) is 19.1 Å². The van der Waals surface area contributed by atoms with Crippen molar-refractivity contribution in [3.63, 3.8) is 0 Å². The van der Waals surface area contributed by atoms with E-state index in [1.54, 1.807) is 13.8 Å². The Kier molecular flexibility index (Phi) is 3.88. The number of β-amino-alcohol motifs (C(OH)–C–C–N with tert-alkyl or cyclic N) is 1. The zero-order valence-corrected chi connectivity index (χ0v) is 9.42. The van der Waals surface area contributed by atoms with Gasteiger partial charge in [-0.1, -0.05) is 0 Å². The molecule has 1 aliphatic heterocycles. The SMILES string of the molecule is CC(C)NS(=O)(=O)N1CCCC(O)C1. The highest BCUT2D eigenvalue weighted by atomic mass is 32.2. The van der Waals surface area contributed by atoms with Gasteiger partial charge < -0.3 is 5.11 Å². The van der Waals surface area contributed by atoms with Crippen LogP contribution in [-0.2, 0) is 10.2 Å². The van der Waals surface area contributed by atoms with Gasteiger partial charge in [0.25, 0.3) is 10.2 Å². The molecule has 0 amide bonds. The van der Waals surface area contributed by atoms with Crippen molar-refractivity contribution in [2.24, 2.45) is 0 Å². The molecule has 0 spiro atoms. The van der Waals surface area contributed by atoms with Crippen LogP contribution in [0.15, 0.2) is 0 Å². The summed E-state index contributed by atoms with van der Waals surface area (Å²) in [6.07, 6.45) is 0.890. The molecule has 0 bridgehead atoms. The summed E-state index contributed by atoms with van der Waals surface area (Å²) in [5.74, 6) is 0. The Morgan fingerprint density at radius 1 is 1.50 bits per heavy atom. The van der Waals surface area contributed by atoms with Gasteiger partial charge in [-0.3, -0.25) is 0 Å². The molecule has 0 saturated carbocycles. The fourth-order valence-corrected chi connectivity index (χ4v) is 2.99. The van der Waals surface area contributed by atoms with Gasteiger partial charge in [-0.2, -0.15) is 17.4 Å². The van der Waals surface area contributed by atoms with E-state index in [2.05, 4.69) is 4.72 Å². The average molecular weight is 222 g/mol. The summed E-state index contributed by atoms with van der Waals surface area (Å²) < 4.78 is 27.1. The molecule has 0 radical (unpaired) electrons. The van der Waals surface area contributed by atoms with E-state index in [1.165, 1.54) is 4.31 Å². The second-order valence-corrected chi connectivity index (χ2v) is 5.63. The normalized spacial score (nSPS) is 25.6. The largest absolute Gasteiger partial charge is 0.392 e. The monoisotopic (exact) mass is 222 g/mol. The standard InChI is InChI=1S/C8H18N2O3S/c1-7(2)9-14(12,13)10-5-3-4-8(11)6-10/h7-9,11H,3-6H2,1-2H3. The van der Waals surface area contributed by atoms with Crippen molar-refractivity contribution in [2.45, 2.75) is 38.8 Å². The number of nitrogens with one attached hydrogen (secondary N) is 1. The first-order valence-corrected chi connectivity index (χ1v) is 6.31. The van der Waals surface area contributed by atoms with E-state index >= 15 is 0 Å². The fourth-order valence-electron chi connectivity index (χ4n) is 1.51. The molecule has 1 unspecified atom stereocenters. The molecule has 1 saturated heterocycles. The number of nitrogens with zero attached hydrogens (tertiary/aromatic N) is 1. The van der Waals surface area contributed by atoms with E-state index in [0.29, 0.717) is 13.0 Å². The molecule has 1 rings (SSSR count). The molecular weight excluding hydrogens is 204 g/mol. The lowest BCUT2D eigenvalue weighted by molar-refractivity contribution is 0.107. The highest BCUT2D eigenvalue weighted by Gasteiger charge is 2.27. The molecule has 1 atom stereocenters. The summed E-state index contributed by atoms with van der Waals surface area (Å²) in [5.41, 5.74) is 0. The maximum Gasteiger partial charge on any atom is 0.279 e. The third kappa shape index (κ3) is 3.20. The van der Waals surface area contributed by atoms with Crippen LogP contribution < -0.4 is 4.72 Å². The predicted octanol–water partition coefficient (Wildman–Crippen LogP) is -0.314. The lowest BCUT2D eigenvalue weighted by atomic mass is 10.1. The number of hydrogen-bond donors (Lipinski definition) is 2. The van der Waals surface area contributed by atoms with Gasteiger partial charge in [0.2, 0.25) is 0 Å². The van der Waals surface area contributed by atoms with Crippen LogP contribution in [0, 0.1) is 0 Å². The molecule has 6 heteroatoms. The molecule has 0 aromatic heterocycles. The molecule has 2 N–H and O–H groups in total.